The highest BCUT2D eigenvalue weighted by molar-refractivity contribution is 5.96. The molecule has 1 unspecified atom stereocenters. The van der Waals surface area contributed by atoms with Crippen LogP contribution in [0, 0.1) is 0 Å². The van der Waals surface area contributed by atoms with E-state index in [4.69, 9.17) is 4.74 Å². The van der Waals surface area contributed by atoms with Crippen LogP contribution in [0.25, 0.3) is 11.1 Å². The highest BCUT2D eigenvalue weighted by atomic mass is 19.4. The molecule has 1 saturated heterocycles. The number of hydrogen-bond donors (Lipinski definition) is 0. The summed E-state index contributed by atoms with van der Waals surface area (Å²) in [5.74, 6) is -0.155. The monoisotopic (exact) mass is 522 g/mol. The van der Waals surface area contributed by atoms with Crippen molar-refractivity contribution in [2.24, 2.45) is 0 Å². The zero-order valence-electron chi connectivity index (χ0n) is 20.0. The SMILES string of the molecule is CC(C)Oc1cc(C(=O)N2CCC(c3cccnc3)C2)ccc1-c1cc(C(F)(F)F)cc(C(F)(F)F)c1. The number of benzene rings is 2. The van der Waals surface area contributed by atoms with Crippen LogP contribution in [-0.4, -0.2) is 35.0 Å². The molecule has 0 aliphatic carbocycles. The molecule has 2 aromatic carbocycles. The first-order chi connectivity index (χ1) is 17.3. The molecule has 4 rings (SSSR count). The van der Waals surface area contributed by atoms with Crippen LogP contribution >= 0.6 is 0 Å². The van der Waals surface area contributed by atoms with Crippen LogP contribution in [0.4, 0.5) is 26.3 Å². The van der Waals surface area contributed by atoms with E-state index in [0.717, 1.165) is 12.0 Å². The number of halogens is 6. The van der Waals surface area contributed by atoms with Crippen molar-refractivity contribution in [3.8, 4) is 16.9 Å². The molecule has 3 aromatic rings. The molecular weight excluding hydrogens is 498 g/mol. The first kappa shape index (κ1) is 26.5. The van der Waals surface area contributed by atoms with Crippen LogP contribution in [-0.2, 0) is 12.4 Å². The van der Waals surface area contributed by atoms with Crippen LogP contribution in [0.2, 0.25) is 0 Å². The van der Waals surface area contributed by atoms with E-state index in [-0.39, 0.29) is 40.3 Å². The summed E-state index contributed by atoms with van der Waals surface area (Å²) in [6.45, 7) is 4.31. The maximum absolute atomic E-state index is 13.4. The second-order valence-corrected chi connectivity index (χ2v) is 9.20. The van der Waals surface area contributed by atoms with Crippen LogP contribution in [0.1, 0.15) is 53.2 Å². The first-order valence-corrected chi connectivity index (χ1v) is 11.6. The third kappa shape index (κ3) is 6.06. The van der Waals surface area contributed by atoms with E-state index in [1.54, 1.807) is 31.1 Å². The molecule has 1 atom stereocenters. The third-order valence-electron chi connectivity index (χ3n) is 6.12. The van der Waals surface area contributed by atoms with Crippen LogP contribution in [0.3, 0.4) is 0 Å². The van der Waals surface area contributed by atoms with Gasteiger partial charge in [-0.1, -0.05) is 6.07 Å². The summed E-state index contributed by atoms with van der Waals surface area (Å²) < 4.78 is 86.2. The van der Waals surface area contributed by atoms with Crippen molar-refractivity contribution in [3.63, 3.8) is 0 Å². The summed E-state index contributed by atoms with van der Waals surface area (Å²) in [7, 11) is 0. The second kappa shape index (κ2) is 10.1. The number of hydrogen-bond acceptors (Lipinski definition) is 3. The number of rotatable bonds is 5. The molecular formula is C27H24F6N2O2. The lowest BCUT2D eigenvalue weighted by atomic mass is 9.97. The number of carbonyl (C=O) groups is 1. The number of carbonyl (C=O) groups excluding carboxylic acids is 1. The van der Waals surface area contributed by atoms with Crippen molar-refractivity contribution in [2.75, 3.05) is 13.1 Å². The molecule has 1 fully saturated rings. The predicted octanol–water partition coefficient (Wildman–Crippen LogP) is 7.20. The Morgan fingerprint density at radius 2 is 1.68 bits per heavy atom. The Kier molecular flexibility index (Phi) is 7.21. The van der Waals surface area contributed by atoms with Crippen LogP contribution in [0.15, 0.2) is 60.9 Å². The molecule has 0 radical (unpaired) electrons. The maximum Gasteiger partial charge on any atom is 0.416 e. The average Bonchev–Trinajstić information content (AvgIpc) is 3.33. The Balaban J connectivity index is 1.70. The predicted molar refractivity (Wildman–Crippen MR) is 125 cm³/mol. The lowest BCUT2D eigenvalue weighted by Crippen LogP contribution is -2.28. The fraction of sp³-hybridized carbons (Fsp3) is 0.333. The molecule has 0 bridgehead atoms. The molecule has 10 heteroatoms. The Morgan fingerprint density at radius 1 is 1.00 bits per heavy atom. The van der Waals surface area contributed by atoms with Gasteiger partial charge >= 0.3 is 12.4 Å². The number of alkyl halides is 6. The molecule has 2 heterocycles. The summed E-state index contributed by atoms with van der Waals surface area (Å²) in [5, 5.41) is 0. The zero-order valence-corrected chi connectivity index (χ0v) is 20.0. The van der Waals surface area contributed by atoms with Gasteiger partial charge in [0.25, 0.3) is 5.91 Å². The molecule has 1 amide bonds. The highest BCUT2D eigenvalue weighted by Gasteiger charge is 2.37. The topological polar surface area (TPSA) is 42.4 Å². The van der Waals surface area contributed by atoms with E-state index in [0.29, 0.717) is 25.2 Å². The van der Waals surface area contributed by atoms with E-state index >= 15 is 0 Å². The molecule has 0 N–H and O–H groups in total. The van der Waals surface area contributed by atoms with E-state index < -0.39 is 29.6 Å². The minimum absolute atomic E-state index is 0.0244. The van der Waals surface area contributed by atoms with Gasteiger partial charge in [0.05, 0.1) is 17.2 Å². The van der Waals surface area contributed by atoms with Crippen LogP contribution in [0.5, 0.6) is 5.75 Å². The minimum atomic E-state index is -4.98. The Hall–Kier alpha value is -3.56. The molecule has 0 spiro atoms. The quantitative estimate of drug-likeness (QED) is 0.333. The number of nitrogens with zero attached hydrogens (tertiary/aromatic N) is 2. The number of ether oxygens (including phenoxy) is 1. The summed E-state index contributed by atoms with van der Waals surface area (Å²) in [6, 6.07) is 9.26. The standard InChI is InChI=1S/C27H24F6N2O2/c1-16(2)37-24-12-17(25(36)35-9-7-19(15-35)18-4-3-8-34-14-18)5-6-23(24)20-10-21(26(28,29)30)13-22(11-20)27(31,32)33/h3-6,8,10-14,16,19H,7,9,15H2,1-2H3. The molecule has 196 valence electrons. The lowest BCUT2D eigenvalue weighted by molar-refractivity contribution is -0.143. The average molecular weight is 522 g/mol. The van der Waals surface area contributed by atoms with Gasteiger partial charge in [-0.3, -0.25) is 9.78 Å². The number of aromatic nitrogens is 1. The van der Waals surface area contributed by atoms with E-state index in [1.807, 2.05) is 12.1 Å². The second-order valence-electron chi connectivity index (χ2n) is 9.20. The fourth-order valence-electron chi connectivity index (χ4n) is 4.37. The van der Waals surface area contributed by atoms with Gasteiger partial charge in [-0.15, -0.1) is 0 Å². The van der Waals surface area contributed by atoms with Gasteiger partial charge in [0, 0.05) is 42.5 Å². The Morgan fingerprint density at radius 3 is 2.24 bits per heavy atom. The summed E-state index contributed by atoms with van der Waals surface area (Å²) in [6.07, 6.45) is -6.24. The third-order valence-corrected chi connectivity index (χ3v) is 6.12. The maximum atomic E-state index is 13.4. The minimum Gasteiger partial charge on any atom is -0.490 e. The van der Waals surface area contributed by atoms with Gasteiger partial charge < -0.3 is 9.64 Å². The largest absolute Gasteiger partial charge is 0.490 e. The highest BCUT2D eigenvalue weighted by Crippen LogP contribution is 2.41. The Bertz CT molecular complexity index is 1240. The molecule has 1 aromatic heterocycles. The van der Waals surface area contributed by atoms with E-state index in [2.05, 4.69) is 4.98 Å². The molecule has 1 aliphatic rings. The van der Waals surface area contributed by atoms with Gasteiger partial charge in [0.15, 0.2) is 0 Å². The van der Waals surface area contributed by atoms with Gasteiger partial charge in [0.2, 0.25) is 0 Å². The Labute approximate surface area is 209 Å². The number of amides is 1. The smallest absolute Gasteiger partial charge is 0.416 e. The van der Waals surface area contributed by atoms with Crippen LogP contribution < -0.4 is 4.74 Å². The van der Waals surface area contributed by atoms with Crippen molar-refractivity contribution in [3.05, 3.63) is 83.2 Å². The van der Waals surface area contributed by atoms with Gasteiger partial charge in [0.1, 0.15) is 5.75 Å². The van der Waals surface area contributed by atoms with Crippen molar-refractivity contribution in [1.29, 1.82) is 0 Å². The van der Waals surface area contributed by atoms with E-state index in [9.17, 15) is 31.1 Å². The van der Waals surface area contributed by atoms with Crippen molar-refractivity contribution in [2.45, 2.75) is 44.6 Å². The normalized spacial score (nSPS) is 16.4. The van der Waals surface area contributed by atoms with Gasteiger partial charge in [-0.25, -0.2) is 0 Å². The van der Waals surface area contributed by atoms with Gasteiger partial charge in [-0.05, 0) is 73.9 Å². The summed E-state index contributed by atoms with van der Waals surface area (Å²) in [4.78, 5) is 19.0. The molecule has 1 aliphatic heterocycles. The van der Waals surface area contributed by atoms with E-state index in [1.165, 1.54) is 18.2 Å². The molecule has 0 saturated carbocycles. The number of likely N-dealkylation sites (tertiary alicyclic amines) is 1. The fourth-order valence-corrected chi connectivity index (χ4v) is 4.37. The number of pyridine rings is 1. The van der Waals surface area contributed by atoms with Crippen molar-refractivity contribution < 1.29 is 35.9 Å². The summed E-state index contributed by atoms with van der Waals surface area (Å²) >= 11 is 0. The van der Waals surface area contributed by atoms with Gasteiger partial charge in [-0.2, -0.15) is 26.3 Å². The lowest BCUT2D eigenvalue weighted by Gasteiger charge is -2.20. The molecule has 37 heavy (non-hydrogen) atoms. The molecule has 4 nitrogen and oxygen atoms in total. The summed E-state index contributed by atoms with van der Waals surface area (Å²) in [5.41, 5.74) is -1.89. The zero-order chi connectivity index (χ0) is 27.0. The first-order valence-electron chi connectivity index (χ1n) is 11.6. The van der Waals surface area contributed by atoms with Crippen molar-refractivity contribution >= 4 is 5.91 Å². The van der Waals surface area contributed by atoms with Crippen molar-refractivity contribution in [1.82, 2.24) is 9.88 Å².